The Balaban J connectivity index is 0. The lowest BCUT2D eigenvalue weighted by molar-refractivity contribution is -0.116. The average Bonchev–Trinajstić information content (AvgIpc) is 2.48. The monoisotopic (exact) mass is 274 g/mol. The van der Waals surface area contributed by atoms with Crippen molar-refractivity contribution in [3.8, 4) is 0 Å². The smallest absolute Gasteiger partial charge is 0.157 e. The summed E-state index contributed by atoms with van der Waals surface area (Å²) in [5, 5.41) is 0. The number of rotatable bonds is 4. The predicted octanol–water partition coefficient (Wildman–Crippen LogP) is 4.77. The minimum absolute atomic E-state index is 0.153. The van der Waals surface area contributed by atoms with Crippen molar-refractivity contribution in [2.45, 2.75) is 40.5 Å². The molecule has 0 bridgehead atoms. The molecule has 1 aromatic carbocycles. The molecule has 0 aliphatic carbocycles. The molecule has 0 spiro atoms. The van der Waals surface area contributed by atoms with Gasteiger partial charge in [0, 0.05) is 12.8 Å². The first-order chi connectivity index (χ1) is 9.36. The van der Waals surface area contributed by atoms with Crippen molar-refractivity contribution in [3.05, 3.63) is 60.7 Å². The van der Waals surface area contributed by atoms with Crippen LogP contribution in [-0.2, 0) is 9.59 Å². The number of hydrogen-bond donors (Lipinski definition) is 0. The summed E-state index contributed by atoms with van der Waals surface area (Å²) in [6.07, 6.45) is 1.16. The van der Waals surface area contributed by atoms with Crippen molar-refractivity contribution in [2.75, 3.05) is 0 Å². The summed E-state index contributed by atoms with van der Waals surface area (Å²) in [6.45, 7) is 14.1. The number of benzene rings is 1. The molecule has 2 heteroatoms. The van der Waals surface area contributed by atoms with Gasteiger partial charge in [-0.1, -0.05) is 63.4 Å². The molecular weight excluding hydrogens is 248 g/mol. The van der Waals surface area contributed by atoms with Gasteiger partial charge >= 0.3 is 0 Å². The molecule has 0 radical (unpaired) electrons. The summed E-state index contributed by atoms with van der Waals surface area (Å²) in [5.41, 5.74) is 1.31. The van der Waals surface area contributed by atoms with E-state index in [1.165, 1.54) is 0 Å². The molecule has 0 atom stereocenters. The van der Waals surface area contributed by atoms with Crippen LogP contribution in [0.4, 0.5) is 0 Å². The standard InChI is InChI=1S/2C6H10O.C6H6/c2*1-4-6(7)5(2)3;1-2-4-6-5-3-1/h2*2,4H2,1,3H3;1-6H. The molecule has 110 valence electrons. The Hall–Kier alpha value is -1.96. The fourth-order valence-corrected chi connectivity index (χ4v) is 0.988. The van der Waals surface area contributed by atoms with Gasteiger partial charge in [-0.05, 0) is 25.0 Å². The Morgan fingerprint density at radius 2 is 0.900 bits per heavy atom. The molecule has 20 heavy (non-hydrogen) atoms. The van der Waals surface area contributed by atoms with Gasteiger partial charge in [0.25, 0.3) is 0 Å². The Labute approximate surface area is 123 Å². The molecule has 0 aromatic heterocycles. The Bertz CT molecular complexity index is 364. The third-order valence-corrected chi connectivity index (χ3v) is 2.26. The van der Waals surface area contributed by atoms with Crippen molar-refractivity contribution >= 4 is 11.6 Å². The zero-order valence-corrected chi connectivity index (χ0v) is 13.1. The summed E-state index contributed by atoms with van der Waals surface area (Å²) in [7, 11) is 0. The van der Waals surface area contributed by atoms with Crippen LogP contribution in [0.15, 0.2) is 60.7 Å². The second-order valence-electron chi connectivity index (χ2n) is 4.27. The van der Waals surface area contributed by atoms with Crippen molar-refractivity contribution in [1.82, 2.24) is 0 Å². The summed E-state index contributed by atoms with van der Waals surface area (Å²) in [4.78, 5) is 20.8. The van der Waals surface area contributed by atoms with Crippen molar-refractivity contribution in [3.63, 3.8) is 0 Å². The van der Waals surface area contributed by atoms with Gasteiger partial charge in [0.2, 0.25) is 0 Å². The van der Waals surface area contributed by atoms with Gasteiger partial charge in [-0.3, -0.25) is 9.59 Å². The minimum Gasteiger partial charge on any atom is -0.295 e. The lowest BCUT2D eigenvalue weighted by atomic mass is 10.2. The number of Topliss-reactive ketones (excluding diaryl/α,β-unsaturated/α-hetero) is 2. The number of allylic oxidation sites excluding steroid dienone is 2. The van der Waals surface area contributed by atoms with Gasteiger partial charge in [0.1, 0.15) is 0 Å². The molecule has 0 N–H and O–H groups in total. The molecule has 0 aliphatic heterocycles. The zero-order valence-electron chi connectivity index (χ0n) is 13.1. The number of hydrogen-bond acceptors (Lipinski definition) is 2. The van der Waals surface area contributed by atoms with E-state index in [9.17, 15) is 9.59 Å². The van der Waals surface area contributed by atoms with E-state index in [2.05, 4.69) is 13.2 Å². The Kier molecular flexibility index (Phi) is 13.7. The van der Waals surface area contributed by atoms with Gasteiger partial charge < -0.3 is 0 Å². The van der Waals surface area contributed by atoms with Crippen molar-refractivity contribution < 1.29 is 9.59 Å². The summed E-state index contributed by atoms with van der Waals surface area (Å²) >= 11 is 0. The van der Waals surface area contributed by atoms with E-state index in [0.29, 0.717) is 24.0 Å². The second-order valence-corrected chi connectivity index (χ2v) is 4.27. The topological polar surface area (TPSA) is 34.1 Å². The fraction of sp³-hybridized carbons (Fsp3) is 0.333. The largest absolute Gasteiger partial charge is 0.295 e. The van der Waals surface area contributed by atoms with Gasteiger partial charge in [-0.2, -0.15) is 0 Å². The average molecular weight is 274 g/mol. The maximum Gasteiger partial charge on any atom is 0.157 e. The Morgan fingerprint density at radius 1 is 0.700 bits per heavy atom. The predicted molar refractivity (Wildman–Crippen MR) is 86.7 cm³/mol. The van der Waals surface area contributed by atoms with E-state index in [-0.39, 0.29) is 11.6 Å². The van der Waals surface area contributed by atoms with E-state index in [0.717, 1.165) is 0 Å². The minimum atomic E-state index is 0.153. The number of carbonyl (C=O) groups is 2. The van der Waals surface area contributed by atoms with Gasteiger partial charge in [0.15, 0.2) is 11.6 Å². The first-order valence-corrected chi connectivity index (χ1v) is 6.74. The van der Waals surface area contributed by atoms with Gasteiger partial charge in [-0.15, -0.1) is 0 Å². The normalized spacial score (nSPS) is 8.20. The highest BCUT2D eigenvalue weighted by Crippen LogP contribution is 1.92. The van der Waals surface area contributed by atoms with Crippen LogP contribution in [0.3, 0.4) is 0 Å². The highest BCUT2D eigenvalue weighted by atomic mass is 16.1. The van der Waals surface area contributed by atoms with Crippen LogP contribution in [0.25, 0.3) is 0 Å². The SMILES string of the molecule is C=C(C)C(=O)CC.C=C(C)C(=O)CC.c1ccccc1. The maximum absolute atomic E-state index is 10.4. The quantitative estimate of drug-likeness (QED) is 0.741. The summed E-state index contributed by atoms with van der Waals surface area (Å²) < 4.78 is 0. The van der Waals surface area contributed by atoms with Crippen molar-refractivity contribution in [1.29, 1.82) is 0 Å². The molecule has 0 saturated heterocycles. The van der Waals surface area contributed by atoms with E-state index in [1.807, 2.05) is 50.2 Å². The molecule has 0 aliphatic rings. The molecule has 0 amide bonds. The first-order valence-electron chi connectivity index (χ1n) is 6.74. The van der Waals surface area contributed by atoms with Crippen LogP contribution in [0.2, 0.25) is 0 Å². The number of carbonyl (C=O) groups excluding carboxylic acids is 2. The molecule has 0 heterocycles. The van der Waals surface area contributed by atoms with E-state index in [4.69, 9.17) is 0 Å². The summed E-state index contributed by atoms with van der Waals surface area (Å²) in [5.74, 6) is 0.306. The third-order valence-electron chi connectivity index (χ3n) is 2.26. The van der Waals surface area contributed by atoms with E-state index < -0.39 is 0 Å². The molecule has 2 nitrogen and oxygen atoms in total. The van der Waals surface area contributed by atoms with Crippen LogP contribution in [-0.4, -0.2) is 11.6 Å². The molecular formula is C18H26O2. The molecule has 0 unspecified atom stereocenters. The second kappa shape index (κ2) is 13.5. The highest BCUT2D eigenvalue weighted by Gasteiger charge is 1.94. The number of ketones is 2. The maximum atomic E-state index is 10.4. The summed E-state index contributed by atoms with van der Waals surface area (Å²) in [6, 6.07) is 12.0. The van der Waals surface area contributed by atoms with Crippen LogP contribution >= 0.6 is 0 Å². The molecule has 1 aromatic rings. The molecule has 1 rings (SSSR count). The van der Waals surface area contributed by atoms with Crippen LogP contribution in [0.1, 0.15) is 40.5 Å². The Morgan fingerprint density at radius 3 is 0.950 bits per heavy atom. The lowest BCUT2D eigenvalue weighted by Gasteiger charge is -1.87. The molecule has 0 saturated carbocycles. The van der Waals surface area contributed by atoms with E-state index >= 15 is 0 Å². The lowest BCUT2D eigenvalue weighted by Crippen LogP contribution is -1.93. The van der Waals surface area contributed by atoms with E-state index in [1.54, 1.807) is 13.8 Å². The van der Waals surface area contributed by atoms with Gasteiger partial charge in [0.05, 0.1) is 0 Å². The first kappa shape index (κ1) is 20.4. The van der Waals surface area contributed by atoms with Crippen LogP contribution in [0, 0.1) is 0 Å². The van der Waals surface area contributed by atoms with Crippen molar-refractivity contribution in [2.24, 2.45) is 0 Å². The van der Waals surface area contributed by atoms with Gasteiger partial charge in [-0.25, -0.2) is 0 Å². The highest BCUT2D eigenvalue weighted by molar-refractivity contribution is 5.94. The van der Waals surface area contributed by atoms with Crippen LogP contribution in [0.5, 0.6) is 0 Å². The zero-order chi connectivity index (χ0) is 16.0. The van der Waals surface area contributed by atoms with Crippen LogP contribution < -0.4 is 0 Å². The fourth-order valence-electron chi connectivity index (χ4n) is 0.988. The third kappa shape index (κ3) is 14.1. The molecule has 0 fully saturated rings.